The number of nitrogens with two attached hydrogens (primary N) is 1. The molecular formula is C24H23N5O2. The lowest BCUT2D eigenvalue weighted by molar-refractivity contribution is -0.130. The Morgan fingerprint density at radius 1 is 1.00 bits per heavy atom. The molecule has 7 nitrogen and oxygen atoms in total. The van der Waals surface area contributed by atoms with Crippen molar-refractivity contribution < 1.29 is 9.21 Å². The van der Waals surface area contributed by atoms with Crippen LogP contribution in [0.2, 0.25) is 0 Å². The summed E-state index contributed by atoms with van der Waals surface area (Å²) in [7, 11) is 0. The van der Waals surface area contributed by atoms with Crippen molar-refractivity contribution in [2.45, 2.75) is 6.42 Å². The number of nitrogen functional groups attached to an aromatic ring is 1. The van der Waals surface area contributed by atoms with Gasteiger partial charge in [0.1, 0.15) is 11.3 Å². The fraction of sp³-hybridized carbons (Fsp3) is 0.208. The Morgan fingerprint density at radius 2 is 1.74 bits per heavy atom. The first kappa shape index (κ1) is 19.1. The van der Waals surface area contributed by atoms with Crippen LogP contribution >= 0.6 is 0 Å². The lowest BCUT2D eigenvalue weighted by Crippen LogP contribution is -2.49. The van der Waals surface area contributed by atoms with Crippen molar-refractivity contribution in [3.8, 4) is 11.5 Å². The van der Waals surface area contributed by atoms with Crippen molar-refractivity contribution in [2.75, 3.05) is 36.8 Å². The van der Waals surface area contributed by atoms with Gasteiger partial charge in [-0.3, -0.25) is 4.79 Å². The molecule has 2 N–H and O–H groups in total. The number of para-hydroxylation sites is 2. The van der Waals surface area contributed by atoms with Gasteiger partial charge < -0.3 is 20.0 Å². The van der Waals surface area contributed by atoms with E-state index in [0.29, 0.717) is 42.4 Å². The van der Waals surface area contributed by atoms with Gasteiger partial charge in [-0.25, -0.2) is 9.97 Å². The van der Waals surface area contributed by atoms with Crippen molar-refractivity contribution >= 4 is 28.5 Å². The highest BCUT2D eigenvalue weighted by Gasteiger charge is 2.23. The van der Waals surface area contributed by atoms with Gasteiger partial charge in [0, 0.05) is 26.2 Å². The molecular weight excluding hydrogens is 390 g/mol. The highest BCUT2D eigenvalue weighted by Crippen LogP contribution is 2.31. The van der Waals surface area contributed by atoms with Gasteiger partial charge >= 0.3 is 0 Å². The predicted molar refractivity (Wildman–Crippen MR) is 121 cm³/mol. The number of rotatable bonds is 4. The molecule has 1 aliphatic heterocycles. The van der Waals surface area contributed by atoms with Crippen LogP contribution in [0.15, 0.2) is 71.3 Å². The number of fused-ring (bicyclic) bond motifs is 1. The smallest absolute Gasteiger partial charge is 0.231 e. The Bertz CT molecular complexity index is 1180. The molecule has 0 unspecified atom stereocenters. The summed E-state index contributed by atoms with van der Waals surface area (Å²) in [5.74, 6) is 1.00. The molecule has 2 aromatic heterocycles. The maximum absolute atomic E-state index is 12.6. The topological polar surface area (TPSA) is 88.5 Å². The standard InChI is InChI=1S/C24H23N5O2/c25-23-19(24-27-20-8-4-5-9-21(20)31-24)15-18(16-26-23)28-10-12-29(13-11-28)22(30)14-17-6-2-1-3-7-17/h1-9,15-16H,10-14H2,(H2,25,26). The van der Waals surface area contributed by atoms with Crippen LogP contribution in [0.5, 0.6) is 0 Å². The minimum Gasteiger partial charge on any atom is -0.436 e. The SMILES string of the molecule is Nc1ncc(N2CCN(C(=O)Cc3ccccc3)CC2)cc1-c1nc2ccccc2o1. The zero-order valence-electron chi connectivity index (χ0n) is 17.1. The van der Waals surface area contributed by atoms with E-state index in [-0.39, 0.29) is 5.91 Å². The van der Waals surface area contributed by atoms with E-state index in [4.69, 9.17) is 10.2 Å². The lowest BCUT2D eigenvalue weighted by Gasteiger charge is -2.36. The first-order valence-electron chi connectivity index (χ1n) is 10.4. The number of benzene rings is 2. The van der Waals surface area contributed by atoms with E-state index in [1.807, 2.05) is 65.6 Å². The Hall–Kier alpha value is -3.87. The van der Waals surface area contributed by atoms with E-state index >= 15 is 0 Å². The first-order chi connectivity index (χ1) is 15.2. The molecule has 0 saturated carbocycles. The molecule has 1 aliphatic rings. The summed E-state index contributed by atoms with van der Waals surface area (Å²) in [5, 5.41) is 0. The highest BCUT2D eigenvalue weighted by molar-refractivity contribution is 5.80. The van der Waals surface area contributed by atoms with E-state index in [2.05, 4.69) is 14.9 Å². The number of amides is 1. The summed E-state index contributed by atoms with van der Waals surface area (Å²) in [4.78, 5) is 25.7. The van der Waals surface area contributed by atoms with Crippen LogP contribution in [-0.2, 0) is 11.2 Å². The average molecular weight is 413 g/mol. The molecule has 156 valence electrons. The Labute approximate surface area is 180 Å². The van der Waals surface area contributed by atoms with E-state index in [1.54, 1.807) is 6.20 Å². The van der Waals surface area contributed by atoms with Gasteiger partial charge in [-0.1, -0.05) is 42.5 Å². The van der Waals surface area contributed by atoms with Crippen molar-refractivity contribution in [1.82, 2.24) is 14.9 Å². The molecule has 0 spiro atoms. The Balaban J connectivity index is 1.29. The zero-order valence-corrected chi connectivity index (χ0v) is 17.1. The number of pyridine rings is 1. The Morgan fingerprint density at radius 3 is 2.52 bits per heavy atom. The maximum Gasteiger partial charge on any atom is 0.231 e. The van der Waals surface area contributed by atoms with Crippen LogP contribution in [-0.4, -0.2) is 47.0 Å². The summed E-state index contributed by atoms with van der Waals surface area (Å²) in [6, 6.07) is 19.4. The summed E-state index contributed by atoms with van der Waals surface area (Å²) < 4.78 is 5.88. The number of carbonyl (C=O) groups excluding carboxylic acids is 1. The van der Waals surface area contributed by atoms with Crippen molar-refractivity contribution in [2.24, 2.45) is 0 Å². The summed E-state index contributed by atoms with van der Waals surface area (Å²) >= 11 is 0. The third kappa shape index (κ3) is 3.94. The van der Waals surface area contributed by atoms with E-state index in [9.17, 15) is 4.79 Å². The average Bonchev–Trinajstić information content (AvgIpc) is 3.24. The summed E-state index contributed by atoms with van der Waals surface area (Å²) in [5.41, 5.74) is 10.3. The fourth-order valence-corrected chi connectivity index (χ4v) is 3.89. The second-order valence-electron chi connectivity index (χ2n) is 7.64. The minimum atomic E-state index is 0.161. The molecule has 0 bridgehead atoms. The van der Waals surface area contributed by atoms with Crippen LogP contribution in [0.3, 0.4) is 0 Å². The summed E-state index contributed by atoms with van der Waals surface area (Å²) in [6.07, 6.45) is 2.20. The zero-order chi connectivity index (χ0) is 21.2. The van der Waals surface area contributed by atoms with Gasteiger partial charge in [-0.2, -0.15) is 0 Å². The van der Waals surface area contributed by atoms with Gasteiger partial charge in [0.25, 0.3) is 0 Å². The van der Waals surface area contributed by atoms with Crippen molar-refractivity contribution in [3.63, 3.8) is 0 Å². The molecule has 1 amide bonds. The predicted octanol–water partition coefficient (Wildman–Crippen LogP) is 3.36. The van der Waals surface area contributed by atoms with Gasteiger partial charge in [0.2, 0.25) is 11.8 Å². The molecule has 31 heavy (non-hydrogen) atoms. The molecule has 1 fully saturated rings. The fourth-order valence-electron chi connectivity index (χ4n) is 3.89. The number of anilines is 2. The molecule has 1 saturated heterocycles. The summed E-state index contributed by atoms with van der Waals surface area (Å²) in [6.45, 7) is 2.82. The van der Waals surface area contributed by atoms with Crippen molar-refractivity contribution in [3.05, 3.63) is 72.4 Å². The molecule has 0 atom stereocenters. The minimum absolute atomic E-state index is 0.161. The number of piperazine rings is 1. The normalized spacial score (nSPS) is 14.2. The number of carbonyl (C=O) groups is 1. The third-order valence-electron chi connectivity index (χ3n) is 5.62. The third-order valence-corrected chi connectivity index (χ3v) is 5.62. The van der Waals surface area contributed by atoms with Gasteiger partial charge in [0.15, 0.2) is 5.58 Å². The first-order valence-corrected chi connectivity index (χ1v) is 10.4. The maximum atomic E-state index is 12.6. The largest absolute Gasteiger partial charge is 0.436 e. The molecule has 5 rings (SSSR count). The second kappa shape index (κ2) is 8.10. The molecule has 7 heteroatoms. The Kier molecular flexibility index (Phi) is 5.00. The molecule has 0 radical (unpaired) electrons. The van der Waals surface area contributed by atoms with E-state index in [1.165, 1.54) is 0 Å². The van der Waals surface area contributed by atoms with Crippen LogP contribution in [0.1, 0.15) is 5.56 Å². The molecule has 0 aliphatic carbocycles. The number of oxazole rings is 1. The molecule has 4 aromatic rings. The van der Waals surface area contributed by atoms with E-state index < -0.39 is 0 Å². The molecule has 2 aromatic carbocycles. The monoisotopic (exact) mass is 413 g/mol. The van der Waals surface area contributed by atoms with E-state index in [0.717, 1.165) is 29.9 Å². The highest BCUT2D eigenvalue weighted by atomic mass is 16.3. The number of nitrogens with zero attached hydrogens (tertiary/aromatic N) is 4. The number of hydrogen-bond donors (Lipinski definition) is 1. The second-order valence-corrected chi connectivity index (χ2v) is 7.64. The van der Waals surface area contributed by atoms with Crippen LogP contribution < -0.4 is 10.6 Å². The lowest BCUT2D eigenvalue weighted by atomic mass is 10.1. The number of aromatic nitrogens is 2. The van der Waals surface area contributed by atoms with Crippen LogP contribution in [0.25, 0.3) is 22.6 Å². The van der Waals surface area contributed by atoms with Crippen LogP contribution in [0.4, 0.5) is 11.5 Å². The quantitative estimate of drug-likeness (QED) is 0.552. The van der Waals surface area contributed by atoms with Gasteiger partial charge in [-0.05, 0) is 23.8 Å². The van der Waals surface area contributed by atoms with Gasteiger partial charge in [-0.15, -0.1) is 0 Å². The van der Waals surface area contributed by atoms with Gasteiger partial charge in [0.05, 0.1) is 23.9 Å². The van der Waals surface area contributed by atoms with Crippen LogP contribution in [0, 0.1) is 0 Å². The number of hydrogen-bond acceptors (Lipinski definition) is 6. The van der Waals surface area contributed by atoms with Crippen molar-refractivity contribution in [1.29, 1.82) is 0 Å². The molecule has 3 heterocycles.